The highest BCUT2D eigenvalue weighted by molar-refractivity contribution is 5.79. The minimum absolute atomic E-state index is 0.0283. The first-order valence-corrected chi connectivity index (χ1v) is 9.93. The number of ether oxygens (including phenoxy) is 1. The van der Waals surface area contributed by atoms with Crippen LogP contribution in [0, 0.1) is 5.92 Å². The Hall–Kier alpha value is -1.43. The molecule has 0 bridgehead atoms. The minimum atomic E-state index is -0.433. The van der Waals surface area contributed by atoms with E-state index in [1.807, 2.05) is 0 Å². The molecule has 5 nitrogen and oxygen atoms in total. The van der Waals surface area contributed by atoms with E-state index in [4.69, 9.17) is 4.74 Å². The fraction of sp³-hybridized carbons (Fsp3) is 0.667. The number of hydrogen-bond donors (Lipinski definition) is 2. The highest BCUT2D eigenvalue weighted by Crippen LogP contribution is 2.27. The molecular weight excluding hydrogens is 328 g/mol. The molecule has 0 radical (unpaired) electrons. The van der Waals surface area contributed by atoms with Gasteiger partial charge in [-0.15, -0.1) is 0 Å². The van der Waals surface area contributed by atoms with Crippen molar-refractivity contribution in [3.05, 3.63) is 35.9 Å². The van der Waals surface area contributed by atoms with Crippen molar-refractivity contribution < 1.29 is 14.6 Å². The maximum Gasteiger partial charge on any atom is 0.223 e. The van der Waals surface area contributed by atoms with Gasteiger partial charge in [0.1, 0.15) is 0 Å². The van der Waals surface area contributed by atoms with Crippen LogP contribution < -0.4 is 5.32 Å². The van der Waals surface area contributed by atoms with Crippen molar-refractivity contribution in [2.45, 2.75) is 56.8 Å². The van der Waals surface area contributed by atoms with E-state index in [2.05, 4.69) is 40.5 Å². The number of nitrogens with one attached hydrogen (secondary N) is 1. The number of amides is 1. The standard InChI is InChI=1S/C21H32N2O3/c1-26-20-15-17(7-8-19(20)24)21(25)22-18-10-13-23(14-11-18)12-9-16-5-3-2-4-6-16/h2-6,17-20,24H,7-15H2,1H3,(H,22,25)/t17-,19+,20-/m1/s1. The number of nitrogens with zero attached hydrogens (tertiary/aromatic N) is 1. The van der Waals surface area contributed by atoms with E-state index < -0.39 is 6.10 Å². The lowest BCUT2D eigenvalue weighted by Crippen LogP contribution is -2.48. The number of carbonyl (C=O) groups is 1. The van der Waals surface area contributed by atoms with Crippen LogP contribution in [0.1, 0.15) is 37.7 Å². The summed E-state index contributed by atoms with van der Waals surface area (Å²) < 4.78 is 5.31. The molecule has 1 heterocycles. The van der Waals surface area contributed by atoms with Gasteiger partial charge in [-0.05, 0) is 44.1 Å². The van der Waals surface area contributed by atoms with Crippen LogP contribution in [0.2, 0.25) is 0 Å². The fourth-order valence-electron chi connectivity index (χ4n) is 4.16. The third-order valence-electron chi connectivity index (χ3n) is 5.92. The number of hydrogen-bond acceptors (Lipinski definition) is 4. The average molecular weight is 360 g/mol. The zero-order chi connectivity index (χ0) is 18.4. The molecule has 2 N–H and O–H groups in total. The molecule has 1 saturated carbocycles. The van der Waals surface area contributed by atoms with E-state index in [1.54, 1.807) is 7.11 Å². The molecule has 3 rings (SSSR count). The summed E-state index contributed by atoms with van der Waals surface area (Å²) in [6.07, 6.45) is 4.50. The van der Waals surface area contributed by atoms with Crippen molar-refractivity contribution in [3.8, 4) is 0 Å². The van der Waals surface area contributed by atoms with E-state index in [0.29, 0.717) is 12.8 Å². The average Bonchev–Trinajstić information content (AvgIpc) is 2.68. The Labute approximate surface area is 156 Å². The smallest absolute Gasteiger partial charge is 0.223 e. The van der Waals surface area contributed by atoms with Gasteiger partial charge in [-0.25, -0.2) is 0 Å². The molecule has 2 fully saturated rings. The van der Waals surface area contributed by atoms with Gasteiger partial charge in [0.05, 0.1) is 12.2 Å². The van der Waals surface area contributed by atoms with Crippen LogP contribution in [-0.2, 0) is 16.0 Å². The van der Waals surface area contributed by atoms with E-state index in [0.717, 1.165) is 45.3 Å². The Morgan fingerprint density at radius 1 is 1.19 bits per heavy atom. The molecule has 1 saturated heterocycles. The Bertz CT molecular complexity index is 558. The van der Waals surface area contributed by atoms with Crippen LogP contribution in [0.4, 0.5) is 0 Å². The molecule has 2 aliphatic rings. The van der Waals surface area contributed by atoms with Crippen molar-refractivity contribution in [2.24, 2.45) is 5.92 Å². The highest BCUT2D eigenvalue weighted by Gasteiger charge is 2.34. The highest BCUT2D eigenvalue weighted by atomic mass is 16.5. The first-order valence-electron chi connectivity index (χ1n) is 9.93. The van der Waals surface area contributed by atoms with Gasteiger partial charge >= 0.3 is 0 Å². The zero-order valence-corrected chi connectivity index (χ0v) is 15.8. The third-order valence-corrected chi connectivity index (χ3v) is 5.92. The fourth-order valence-corrected chi connectivity index (χ4v) is 4.16. The zero-order valence-electron chi connectivity index (χ0n) is 15.8. The molecular formula is C21H32N2O3. The first-order chi connectivity index (χ1) is 12.7. The maximum absolute atomic E-state index is 12.6. The summed E-state index contributed by atoms with van der Waals surface area (Å²) in [4.78, 5) is 15.1. The lowest BCUT2D eigenvalue weighted by atomic mass is 9.84. The summed E-state index contributed by atoms with van der Waals surface area (Å²) >= 11 is 0. The summed E-state index contributed by atoms with van der Waals surface area (Å²) in [6.45, 7) is 3.17. The van der Waals surface area contributed by atoms with E-state index >= 15 is 0 Å². The topological polar surface area (TPSA) is 61.8 Å². The van der Waals surface area contributed by atoms with Gasteiger partial charge in [0, 0.05) is 38.7 Å². The molecule has 3 atom stereocenters. The molecule has 1 aliphatic heterocycles. The summed E-state index contributed by atoms with van der Waals surface area (Å²) in [5, 5.41) is 13.1. The van der Waals surface area contributed by atoms with E-state index in [1.165, 1.54) is 5.56 Å². The van der Waals surface area contributed by atoms with Gasteiger partial charge in [-0.3, -0.25) is 4.79 Å². The maximum atomic E-state index is 12.6. The predicted molar refractivity (Wildman–Crippen MR) is 102 cm³/mol. The van der Waals surface area contributed by atoms with Crippen LogP contribution in [0.5, 0.6) is 0 Å². The number of aliphatic hydroxyl groups excluding tert-OH is 1. The predicted octanol–water partition coefficient (Wildman–Crippen LogP) is 1.99. The number of aliphatic hydroxyl groups is 1. The molecule has 144 valence electrons. The Morgan fingerprint density at radius 2 is 1.92 bits per heavy atom. The second kappa shape index (κ2) is 9.49. The van der Waals surface area contributed by atoms with Crippen molar-refractivity contribution >= 4 is 5.91 Å². The molecule has 26 heavy (non-hydrogen) atoms. The molecule has 1 aromatic carbocycles. The molecule has 1 aromatic rings. The minimum Gasteiger partial charge on any atom is -0.390 e. The largest absolute Gasteiger partial charge is 0.390 e. The number of methoxy groups -OCH3 is 1. The number of likely N-dealkylation sites (tertiary alicyclic amines) is 1. The second-order valence-electron chi connectivity index (χ2n) is 7.71. The van der Waals surface area contributed by atoms with Gasteiger partial charge in [-0.2, -0.15) is 0 Å². The normalized spacial score (nSPS) is 28.0. The van der Waals surface area contributed by atoms with Crippen LogP contribution in [0.15, 0.2) is 30.3 Å². The van der Waals surface area contributed by atoms with Gasteiger partial charge in [-0.1, -0.05) is 30.3 Å². The van der Waals surface area contributed by atoms with Crippen LogP contribution in [0.25, 0.3) is 0 Å². The van der Waals surface area contributed by atoms with Crippen molar-refractivity contribution in [2.75, 3.05) is 26.7 Å². The third kappa shape index (κ3) is 5.29. The molecule has 0 unspecified atom stereocenters. The van der Waals surface area contributed by atoms with Gasteiger partial charge < -0.3 is 20.1 Å². The van der Waals surface area contributed by atoms with Crippen molar-refractivity contribution in [1.82, 2.24) is 10.2 Å². The summed E-state index contributed by atoms with van der Waals surface area (Å²) in [7, 11) is 1.61. The first kappa shape index (κ1) is 19.3. The van der Waals surface area contributed by atoms with E-state index in [9.17, 15) is 9.90 Å². The van der Waals surface area contributed by atoms with Gasteiger partial charge in [0.2, 0.25) is 5.91 Å². The van der Waals surface area contributed by atoms with Crippen LogP contribution in [0.3, 0.4) is 0 Å². The quantitative estimate of drug-likeness (QED) is 0.814. The van der Waals surface area contributed by atoms with E-state index in [-0.39, 0.29) is 24.0 Å². The summed E-state index contributed by atoms with van der Waals surface area (Å²) in [5.74, 6) is 0.112. The number of carbonyl (C=O) groups excluding carboxylic acids is 1. The summed E-state index contributed by atoms with van der Waals surface area (Å²) in [6, 6.07) is 10.9. The SMILES string of the molecule is CO[C@@H]1C[C@H](C(=O)NC2CCN(CCc3ccccc3)CC2)CC[C@@H]1O. The Kier molecular flexibility index (Phi) is 7.06. The van der Waals surface area contributed by atoms with Gasteiger partial charge in [0.15, 0.2) is 0 Å². The van der Waals surface area contributed by atoms with Crippen LogP contribution in [-0.4, -0.2) is 60.9 Å². The number of rotatable bonds is 6. The second-order valence-corrected chi connectivity index (χ2v) is 7.71. The van der Waals surface area contributed by atoms with Crippen molar-refractivity contribution in [3.63, 3.8) is 0 Å². The van der Waals surface area contributed by atoms with Crippen molar-refractivity contribution in [1.29, 1.82) is 0 Å². The molecule has 1 amide bonds. The molecule has 5 heteroatoms. The Morgan fingerprint density at radius 3 is 2.62 bits per heavy atom. The van der Waals surface area contributed by atoms with Crippen LogP contribution >= 0.6 is 0 Å². The Balaban J connectivity index is 1.37. The lowest BCUT2D eigenvalue weighted by Gasteiger charge is -2.35. The lowest BCUT2D eigenvalue weighted by molar-refractivity contribution is -0.131. The molecule has 0 aromatic heterocycles. The number of benzene rings is 1. The number of piperidine rings is 1. The van der Waals surface area contributed by atoms with Gasteiger partial charge in [0.25, 0.3) is 0 Å². The molecule has 1 aliphatic carbocycles. The molecule has 0 spiro atoms. The summed E-state index contributed by atoms with van der Waals surface area (Å²) in [5.41, 5.74) is 1.38. The monoisotopic (exact) mass is 360 g/mol.